The summed E-state index contributed by atoms with van der Waals surface area (Å²) in [5, 5.41) is 3.44. The topological polar surface area (TPSA) is 63.6 Å². The molecule has 8 heteroatoms. The highest BCUT2D eigenvalue weighted by molar-refractivity contribution is 6.41. The zero-order valence-electron chi connectivity index (χ0n) is 11.2. The summed E-state index contributed by atoms with van der Waals surface area (Å²) in [5.74, 6) is -0.290. The predicted molar refractivity (Wildman–Crippen MR) is 75.3 cm³/mol. The Morgan fingerprint density at radius 1 is 1.55 bits per heavy atom. The van der Waals surface area contributed by atoms with Gasteiger partial charge < -0.3 is 19.5 Å². The molecule has 1 saturated heterocycles. The lowest BCUT2D eigenvalue weighted by atomic mass is 10.3. The molecule has 110 valence electrons. The fourth-order valence-corrected chi connectivity index (χ4v) is 2.40. The van der Waals surface area contributed by atoms with E-state index in [1.54, 1.807) is 11.9 Å². The van der Waals surface area contributed by atoms with Gasteiger partial charge in [-0.1, -0.05) is 23.2 Å². The lowest BCUT2D eigenvalue weighted by Gasteiger charge is -2.19. The molecule has 2 amide bonds. The number of hydrogen-bond donors (Lipinski definition) is 1. The van der Waals surface area contributed by atoms with Crippen molar-refractivity contribution in [2.24, 2.45) is 7.05 Å². The Morgan fingerprint density at radius 3 is 2.75 bits per heavy atom. The van der Waals surface area contributed by atoms with Gasteiger partial charge in [0.1, 0.15) is 17.5 Å². The summed E-state index contributed by atoms with van der Waals surface area (Å²) in [6.45, 7) is 3.15. The SMILES string of the molecule is C[C@H](CN1CCOC1=O)NC(=O)c1cc(Cl)c(Cl)n1C. The largest absolute Gasteiger partial charge is 0.448 e. The maximum absolute atomic E-state index is 12.1. The van der Waals surface area contributed by atoms with Crippen LogP contribution in [0.15, 0.2) is 6.07 Å². The van der Waals surface area contributed by atoms with Gasteiger partial charge in [-0.05, 0) is 13.0 Å². The van der Waals surface area contributed by atoms with Gasteiger partial charge in [0.05, 0.1) is 11.6 Å². The number of cyclic esters (lactones) is 1. The second kappa shape index (κ2) is 5.93. The minimum atomic E-state index is -0.351. The highest BCUT2D eigenvalue weighted by Gasteiger charge is 2.25. The van der Waals surface area contributed by atoms with Crippen LogP contribution in [0.4, 0.5) is 4.79 Å². The zero-order valence-corrected chi connectivity index (χ0v) is 12.7. The number of carbonyl (C=O) groups excluding carboxylic acids is 2. The van der Waals surface area contributed by atoms with Crippen LogP contribution in [0, 0.1) is 0 Å². The minimum Gasteiger partial charge on any atom is -0.448 e. The van der Waals surface area contributed by atoms with E-state index in [-0.39, 0.29) is 18.0 Å². The Morgan fingerprint density at radius 2 is 2.25 bits per heavy atom. The average molecular weight is 320 g/mol. The van der Waals surface area contributed by atoms with Gasteiger partial charge in [0.2, 0.25) is 0 Å². The maximum Gasteiger partial charge on any atom is 0.410 e. The first kappa shape index (κ1) is 15.0. The molecule has 1 atom stereocenters. The number of ether oxygens (including phenoxy) is 1. The summed E-state index contributed by atoms with van der Waals surface area (Å²) in [5.41, 5.74) is 0.371. The Balaban J connectivity index is 1.96. The molecule has 0 saturated carbocycles. The molecule has 0 aliphatic carbocycles. The van der Waals surface area contributed by atoms with Crippen LogP contribution >= 0.6 is 23.2 Å². The third-order valence-corrected chi connectivity index (χ3v) is 3.91. The van der Waals surface area contributed by atoms with E-state index in [1.807, 2.05) is 6.92 Å². The Bertz CT molecular complexity index is 544. The van der Waals surface area contributed by atoms with E-state index in [4.69, 9.17) is 27.9 Å². The van der Waals surface area contributed by atoms with E-state index in [0.29, 0.717) is 35.6 Å². The van der Waals surface area contributed by atoms with Crippen LogP contribution in [0.3, 0.4) is 0 Å². The van der Waals surface area contributed by atoms with E-state index in [0.717, 1.165) is 0 Å². The summed E-state index contributed by atoms with van der Waals surface area (Å²) < 4.78 is 6.34. The number of nitrogens with one attached hydrogen (secondary N) is 1. The van der Waals surface area contributed by atoms with Crippen LogP contribution in [0.2, 0.25) is 10.2 Å². The molecule has 1 aromatic heterocycles. The quantitative estimate of drug-likeness (QED) is 0.922. The third kappa shape index (κ3) is 3.02. The van der Waals surface area contributed by atoms with E-state index in [2.05, 4.69) is 5.32 Å². The molecule has 0 spiro atoms. The molecule has 1 aliphatic rings. The first-order valence-electron chi connectivity index (χ1n) is 6.13. The van der Waals surface area contributed by atoms with Gasteiger partial charge in [-0.15, -0.1) is 0 Å². The van der Waals surface area contributed by atoms with E-state index < -0.39 is 0 Å². The highest BCUT2D eigenvalue weighted by atomic mass is 35.5. The molecular formula is C12H15Cl2N3O3. The van der Waals surface area contributed by atoms with Crippen molar-refractivity contribution in [3.63, 3.8) is 0 Å². The van der Waals surface area contributed by atoms with Gasteiger partial charge in [-0.25, -0.2) is 4.79 Å². The summed E-state index contributed by atoms with van der Waals surface area (Å²) in [7, 11) is 1.66. The number of aromatic nitrogens is 1. The average Bonchev–Trinajstić information content (AvgIpc) is 2.89. The summed E-state index contributed by atoms with van der Waals surface area (Å²) >= 11 is 11.8. The monoisotopic (exact) mass is 319 g/mol. The molecule has 0 aromatic carbocycles. The van der Waals surface area contributed by atoms with E-state index >= 15 is 0 Å². The maximum atomic E-state index is 12.1. The molecule has 6 nitrogen and oxygen atoms in total. The lowest BCUT2D eigenvalue weighted by molar-refractivity contribution is 0.0922. The van der Waals surface area contributed by atoms with Gasteiger partial charge >= 0.3 is 6.09 Å². The Labute approximate surface area is 126 Å². The highest BCUT2D eigenvalue weighted by Crippen LogP contribution is 2.25. The Hall–Kier alpha value is -1.40. The van der Waals surface area contributed by atoms with Crippen molar-refractivity contribution in [3.8, 4) is 0 Å². The van der Waals surface area contributed by atoms with Gasteiger partial charge in [0.15, 0.2) is 0 Å². The van der Waals surface area contributed by atoms with Gasteiger partial charge in [0.25, 0.3) is 5.91 Å². The fraction of sp³-hybridized carbons (Fsp3) is 0.500. The standard InChI is InChI=1S/C12H15Cl2N3O3/c1-7(6-17-3-4-20-12(17)19)15-11(18)9-5-8(13)10(14)16(9)2/h5,7H,3-4,6H2,1-2H3,(H,15,18)/t7-/m1/s1. The van der Waals surface area contributed by atoms with Crippen LogP contribution < -0.4 is 5.32 Å². The van der Waals surface area contributed by atoms with Crippen molar-refractivity contribution in [3.05, 3.63) is 21.9 Å². The van der Waals surface area contributed by atoms with Crippen molar-refractivity contribution in [2.75, 3.05) is 19.7 Å². The number of nitrogens with zero attached hydrogens (tertiary/aromatic N) is 2. The van der Waals surface area contributed by atoms with Crippen LogP contribution in [0.1, 0.15) is 17.4 Å². The number of hydrogen-bond acceptors (Lipinski definition) is 3. The number of halogens is 2. The first-order valence-corrected chi connectivity index (χ1v) is 6.89. The fourth-order valence-electron chi connectivity index (χ4n) is 2.03. The van der Waals surface area contributed by atoms with Crippen molar-refractivity contribution >= 4 is 35.2 Å². The smallest absolute Gasteiger partial charge is 0.410 e. The van der Waals surface area contributed by atoms with Gasteiger partial charge in [0, 0.05) is 19.6 Å². The van der Waals surface area contributed by atoms with Gasteiger partial charge in [-0.2, -0.15) is 0 Å². The molecule has 1 aliphatic heterocycles. The Kier molecular flexibility index (Phi) is 4.45. The molecular weight excluding hydrogens is 305 g/mol. The first-order chi connectivity index (χ1) is 9.40. The third-order valence-electron chi connectivity index (χ3n) is 3.07. The molecule has 1 N–H and O–H groups in total. The van der Waals surface area contributed by atoms with E-state index in [9.17, 15) is 9.59 Å². The molecule has 2 rings (SSSR count). The molecule has 0 unspecified atom stereocenters. The lowest BCUT2D eigenvalue weighted by Crippen LogP contribution is -2.42. The van der Waals surface area contributed by atoms with Crippen LogP contribution in [0.25, 0.3) is 0 Å². The van der Waals surface area contributed by atoms with Crippen molar-refractivity contribution in [1.82, 2.24) is 14.8 Å². The van der Waals surface area contributed by atoms with Crippen molar-refractivity contribution in [1.29, 1.82) is 0 Å². The molecule has 0 bridgehead atoms. The van der Waals surface area contributed by atoms with Crippen molar-refractivity contribution in [2.45, 2.75) is 13.0 Å². The summed E-state index contributed by atoms with van der Waals surface area (Å²) in [4.78, 5) is 25.0. The molecule has 1 aromatic rings. The van der Waals surface area contributed by atoms with Crippen LogP contribution in [-0.2, 0) is 11.8 Å². The normalized spacial score (nSPS) is 16.2. The predicted octanol–water partition coefficient (Wildman–Crippen LogP) is 1.90. The number of carbonyl (C=O) groups is 2. The number of amides is 2. The zero-order chi connectivity index (χ0) is 14.9. The number of rotatable bonds is 4. The van der Waals surface area contributed by atoms with Crippen LogP contribution in [-0.4, -0.2) is 47.2 Å². The van der Waals surface area contributed by atoms with Crippen LogP contribution in [0.5, 0.6) is 0 Å². The van der Waals surface area contributed by atoms with Crippen molar-refractivity contribution < 1.29 is 14.3 Å². The molecule has 20 heavy (non-hydrogen) atoms. The molecule has 1 fully saturated rings. The summed E-state index contributed by atoms with van der Waals surface area (Å²) in [6, 6.07) is 1.30. The summed E-state index contributed by atoms with van der Waals surface area (Å²) in [6.07, 6.45) is -0.351. The second-order valence-corrected chi connectivity index (χ2v) is 5.43. The molecule has 2 heterocycles. The molecule has 0 radical (unpaired) electrons. The minimum absolute atomic E-state index is 0.208. The van der Waals surface area contributed by atoms with Gasteiger partial charge in [-0.3, -0.25) is 4.79 Å². The second-order valence-electron chi connectivity index (χ2n) is 4.66. The van der Waals surface area contributed by atoms with E-state index in [1.165, 1.54) is 10.6 Å².